The van der Waals surface area contributed by atoms with Crippen LogP contribution in [-0.2, 0) is 23.8 Å². The first-order chi connectivity index (χ1) is 15.7. The Hall–Kier alpha value is -1.20. The van der Waals surface area contributed by atoms with Gasteiger partial charge in [0, 0.05) is 38.2 Å². The van der Waals surface area contributed by atoms with Crippen molar-refractivity contribution in [2.75, 3.05) is 6.61 Å². The molecule has 0 spiro atoms. The van der Waals surface area contributed by atoms with Gasteiger partial charge in [0.1, 0.15) is 11.9 Å². The van der Waals surface area contributed by atoms with Crippen LogP contribution in [0, 0.1) is 11.8 Å². The van der Waals surface area contributed by atoms with Crippen molar-refractivity contribution in [3.05, 3.63) is 12.2 Å². The summed E-state index contributed by atoms with van der Waals surface area (Å²) in [6.45, 7) is 2.96. The van der Waals surface area contributed by atoms with Crippen LogP contribution in [0.25, 0.3) is 0 Å². The number of hydrogen-bond acceptors (Lipinski definition) is 5. The number of Topliss-reactive ketones (excluding diaryl/α,β-unsaturated/α-hetero) is 1. The van der Waals surface area contributed by atoms with E-state index in [2.05, 4.69) is 19.1 Å². The number of carbonyl (C=O) groups excluding carboxylic acids is 2. The highest BCUT2D eigenvalue weighted by molar-refractivity contribution is 5.78. The van der Waals surface area contributed by atoms with Gasteiger partial charge in [-0.3, -0.25) is 9.59 Å². The van der Waals surface area contributed by atoms with Gasteiger partial charge >= 0.3 is 5.97 Å². The topological polar surface area (TPSA) is 61.8 Å². The summed E-state index contributed by atoms with van der Waals surface area (Å²) >= 11 is 0. The van der Waals surface area contributed by atoms with Crippen molar-refractivity contribution >= 4 is 11.8 Å². The van der Waals surface area contributed by atoms with E-state index in [1.807, 2.05) is 0 Å². The fourth-order valence-corrected chi connectivity index (χ4v) is 5.50. The zero-order valence-electron chi connectivity index (χ0n) is 20.1. The Balaban J connectivity index is 1.60. The normalized spacial score (nSPS) is 32.2. The Kier molecular flexibility index (Phi) is 11.2. The molecule has 5 nitrogen and oxygen atoms in total. The maximum Gasteiger partial charge on any atom is 0.306 e. The molecule has 1 unspecified atom stereocenters. The second kappa shape index (κ2) is 14.1. The smallest absolute Gasteiger partial charge is 0.306 e. The third kappa shape index (κ3) is 8.30. The van der Waals surface area contributed by atoms with Crippen LogP contribution in [0.1, 0.15) is 110 Å². The first-order valence-corrected chi connectivity index (χ1v) is 13.3. The van der Waals surface area contributed by atoms with Gasteiger partial charge in [-0.15, -0.1) is 0 Å². The monoisotopic (exact) mass is 448 g/mol. The largest absolute Gasteiger partial charge is 0.462 e. The summed E-state index contributed by atoms with van der Waals surface area (Å²) in [4.78, 5) is 24.9. The summed E-state index contributed by atoms with van der Waals surface area (Å²) in [5, 5.41) is 0. The number of hydrogen-bond donors (Lipinski definition) is 0. The predicted molar refractivity (Wildman–Crippen MR) is 125 cm³/mol. The highest BCUT2D eigenvalue weighted by Crippen LogP contribution is 2.43. The Bertz CT molecular complexity index is 595. The molecule has 0 aromatic rings. The predicted octanol–water partition coefficient (Wildman–Crippen LogP) is 6.29. The molecule has 0 aromatic carbocycles. The highest BCUT2D eigenvalue weighted by Gasteiger charge is 2.46. The number of esters is 1. The summed E-state index contributed by atoms with van der Waals surface area (Å²) in [5.41, 5.74) is 0. The molecule has 0 aromatic heterocycles. The van der Waals surface area contributed by atoms with Crippen LogP contribution in [0.4, 0.5) is 0 Å². The first kappa shape index (κ1) is 25.4. The molecule has 5 heteroatoms. The maximum absolute atomic E-state index is 12.6. The van der Waals surface area contributed by atoms with Crippen molar-refractivity contribution in [3.8, 4) is 0 Å². The van der Waals surface area contributed by atoms with E-state index in [0.29, 0.717) is 25.0 Å². The van der Waals surface area contributed by atoms with E-state index in [9.17, 15) is 9.59 Å². The molecule has 5 atom stereocenters. The van der Waals surface area contributed by atoms with E-state index in [-0.39, 0.29) is 36.3 Å². The number of rotatable bonds is 11. The minimum absolute atomic E-state index is 0.00703. The van der Waals surface area contributed by atoms with Gasteiger partial charge in [0.15, 0.2) is 6.29 Å². The lowest BCUT2D eigenvalue weighted by atomic mass is 9.85. The Morgan fingerprint density at radius 2 is 1.97 bits per heavy atom. The lowest BCUT2D eigenvalue weighted by molar-refractivity contribution is -0.196. The van der Waals surface area contributed by atoms with Crippen LogP contribution in [0.5, 0.6) is 0 Å². The molecule has 3 rings (SSSR count). The minimum atomic E-state index is -0.160. The third-order valence-electron chi connectivity index (χ3n) is 7.36. The van der Waals surface area contributed by atoms with E-state index in [4.69, 9.17) is 14.2 Å². The summed E-state index contributed by atoms with van der Waals surface area (Å²) < 4.78 is 18.2. The van der Waals surface area contributed by atoms with Crippen LogP contribution in [0.15, 0.2) is 12.2 Å². The molecule has 0 radical (unpaired) electrons. The minimum Gasteiger partial charge on any atom is -0.462 e. The average molecular weight is 449 g/mol. The van der Waals surface area contributed by atoms with Crippen molar-refractivity contribution in [1.82, 2.24) is 0 Å². The molecule has 2 aliphatic heterocycles. The van der Waals surface area contributed by atoms with Gasteiger partial charge in [-0.1, -0.05) is 44.8 Å². The average Bonchev–Trinajstić information content (AvgIpc) is 3.10. The Morgan fingerprint density at radius 3 is 2.78 bits per heavy atom. The van der Waals surface area contributed by atoms with Gasteiger partial charge in [-0.25, -0.2) is 0 Å². The number of allylic oxidation sites excluding steroid dienone is 2. The van der Waals surface area contributed by atoms with Gasteiger partial charge in [0.2, 0.25) is 0 Å². The molecule has 0 N–H and O–H groups in total. The van der Waals surface area contributed by atoms with Crippen molar-refractivity contribution in [2.24, 2.45) is 11.8 Å². The van der Waals surface area contributed by atoms with E-state index < -0.39 is 0 Å². The zero-order valence-corrected chi connectivity index (χ0v) is 20.1. The molecule has 0 bridgehead atoms. The van der Waals surface area contributed by atoms with Gasteiger partial charge in [0.25, 0.3) is 0 Å². The number of ketones is 1. The van der Waals surface area contributed by atoms with E-state index in [0.717, 1.165) is 70.8 Å². The Labute approximate surface area is 194 Å². The number of carbonyl (C=O) groups is 2. The number of unbranched alkanes of at least 4 members (excludes halogenated alkanes) is 4. The second-order valence-electron chi connectivity index (χ2n) is 9.90. The van der Waals surface area contributed by atoms with Crippen LogP contribution < -0.4 is 0 Å². The Morgan fingerprint density at radius 1 is 1.09 bits per heavy atom. The molecular weight excluding hydrogens is 404 g/mol. The molecule has 3 aliphatic rings. The molecule has 1 saturated carbocycles. The van der Waals surface area contributed by atoms with Crippen LogP contribution in [-0.4, -0.2) is 36.9 Å². The summed E-state index contributed by atoms with van der Waals surface area (Å²) in [6.07, 6.45) is 19.1. The van der Waals surface area contributed by atoms with Gasteiger partial charge < -0.3 is 14.2 Å². The maximum atomic E-state index is 12.6. The van der Waals surface area contributed by atoms with Crippen molar-refractivity contribution in [1.29, 1.82) is 0 Å². The standard InChI is InChI=1S/C27H44O5/c1-2-3-4-5-8-13-21(28)17-18-23-22-14-9-6-7-10-15-26(29)31-24(22)20-25(23)32-27-16-11-12-19-30-27/h6,9,22-25,27H,2-5,7-8,10-20H2,1H3/b9-6-/t22-,23-,24+,25-,27?/m1/s1. The number of fused-ring (bicyclic) bond motifs is 1. The van der Waals surface area contributed by atoms with Crippen LogP contribution >= 0.6 is 0 Å². The van der Waals surface area contributed by atoms with Gasteiger partial charge in [-0.2, -0.15) is 0 Å². The molecule has 182 valence electrons. The second-order valence-corrected chi connectivity index (χ2v) is 9.90. The molecule has 32 heavy (non-hydrogen) atoms. The van der Waals surface area contributed by atoms with E-state index in [1.165, 1.54) is 19.3 Å². The third-order valence-corrected chi connectivity index (χ3v) is 7.36. The molecule has 0 amide bonds. The highest BCUT2D eigenvalue weighted by atomic mass is 16.7. The van der Waals surface area contributed by atoms with E-state index >= 15 is 0 Å². The molecule has 1 saturated heterocycles. The lowest BCUT2D eigenvalue weighted by Crippen LogP contribution is -2.31. The zero-order chi connectivity index (χ0) is 22.6. The van der Waals surface area contributed by atoms with E-state index in [1.54, 1.807) is 0 Å². The van der Waals surface area contributed by atoms with Gasteiger partial charge in [0.05, 0.1) is 6.10 Å². The summed E-state index contributed by atoms with van der Waals surface area (Å²) in [5.74, 6) is 0.725. The van der Waals surface area contributed by atoms with Gasteiger partial charge in [-0.05, 0) is 57.3 Å². The molecular formula is C27H44O5. The van der Waals surface area contributed by atoms with Crippen LogP contribution in [0.2, 0.25) is 0 Å². The molecule has 1 aliphatic carbocycles. The first-order valence-electron chi connectivity index (χ1n) is 13.3. The van der Waals surface area contributed by atoms with Crippen LogP contribution in [0.3, 0.4) is 0 Å². The number of ether oxygens (including phenoxy) is 3. The van der Waals surface area contributed by atoms with Crippen molar-refractivity contribution in [3.63, 3.8) is 0 Å². The SMILES string of the molecule is CCCCCCCC(=O)CC[C@@H]1[C@H]2C/C=C\CCCC(=O)O[C@H]2C[C@H]1OC1CCCCO1. The molecule has 2 heterocycles. The fraction of sp³-hybridized carbons (Fsp3) is 0.852. The van der Waals surface area contributed by atoms with Crippen molar-refractivity contribution < 1.29 is 23.8 Å². The lowest BCUT2D eigenvalue weighted by Gasteiger charge is -2.30. The fourth-order valence-electron chi connectivity index (χ4n) is 5.50. The molecule has 2 fully saturated rings. The quantitative estimate of drug-likeness (QED) is 0.211. The summed E-state index contributed by atoms with van der Waals surface area (Å²) in [6, 6.07) is 0. The summed E-state index contributed by atoms with van der Waals surface area (Å²) in [7, 11) is 0. The van der Waals surface area contributed by atoms with Crippen molar-refractivity contribution in [2.45, 2.75) is 128 Å².